The van der Waals surface area contributed by atoms with E-state index in [1.165, 1.54) is 31.0 Å². The molecule has 1 aromatic carbocycles. The summed E-state index contributed by atoms with van der Waals surface area (Å²) in [7, 11) is 1.89. The average Bonchev–Trinajstić information content (AvgIpc) is 3.18. The second-order valence-electron chi connectivity index (χ2n) is 5.23. The molecule has 0 saturated heterocycles. The summed E-state index contributed by atoms with van der Waals surface area (Å²) in [6, 6.07) is 4.13. The van der Waals surface area contributed by atoms with Gasteiger partial charge >= 0.3 is 0 Å². The van der Waals surface area contributed by atoms with Crippen molar-refractivity contribution in [2.24, 2.45) is 11.7 Å². The van der Waals surface area contributed by atoms with E-state index in [9.17, 15) is 9.18 Å². The molecule has 110 valence electrons. The topological polar surface area (TPSA) is 58.4 Å². The lowest BCUT2D eigenvalue weighted by Gasteiger charge is -2.26. The molecule has 6 heteroatoms. The number of halogens is 2. The van der Waals surface area contributed by atoms with Crippen LogP contribution in [0.15, 0.2) is 18.2 Å². The van der Waals surface area contributed by atoms with E-state index in [0.29, 0.717) is 18.2 Å². The highest BCUT2D eigenvalue weighted by Gasteiger charge is 2.33. The van der Waals surface area contributed by atoms with Crippen molar-refractivity contribution in [3.63, 3.8) is 0 Å². The normalized spacial score (nSPS) is 16.2. The van der Waals surface area contributed by atoms with Crippen molar-refractivity contribution in [2.75, 3.05) is 25.5 Å². The van der Waals surface area contributed by atoms with Gasteiger partial charge in [0.1, 0.15) is 5.82 Å². The Labute approximate surface area is 123 Å². The Morgan fingerprint density at radius 2 is 2.30 bits per heavy atom. The Kier molecular flexibility index (Phi) is 4.96. The molecule has 3 N–H and O–H groups in total. The molecule has 1 aliphatic rings. The second-order valence-corrected chi connectivity index (χ2v) is 5.64. The fourth-order valence-corrected chi connectivity index (χ4v) is 2.55. The van der Waals surface area contributed by atoms with Gasteiger partial charge in [-0.05, 0) is 44.0 Å². The number of carbonyl (C=O) groups excluding carboxylic acids is 1. The first-order valence-electron chi connectivity index (χ1n) is 6.66. The predicted octanol–water partition coefficient (Wildman–Crippen LogP) is 2.09. The number of nitrogens with zero attached hydrogens (tertiary/aromatic N) is 1. The van der Waals surface area contributed by atoms with Gasteiger partial charge in [0, 0.05) is 12.6 Å². The summed E-state index contributed by atoms with van der Waals surface area (Å²) in [4.78, 5) is 13.9. The minimum atomic E-state index is -0.429. The maximum absolute atomic E-state index is 12.9. The Bertz CT molecular complexity index is 493. The number of nitrogens with two attached hydrogens (primary N) is 1. The van der Waals surface area contributed by atoms with Gasteiger partial charge in [-0.15, -0.1) is 0 Å². The molecule has 1 atom stereocenters. The third kappa shape index (κ3) is 3.91. The zero-order chi connectivity index (χ0) is 14.7. The molecular weight excluding hydrogens is 281 g/mol. The highest BCUT2D eigenvalue weighted by atomic mass is 35.5. The first-order valence-corrected chi connectivity index (χ1v) is 7.04. The molecule has 0 heterocycles. The van der Waals surface area contributed by atoms with Crippen LogP contribution in [0.2, 0.25) is 5.02 Å². The fourth-order valence-electron chi connectivity index (χ4n) is 2.34. The summed E-state index contributed by atoms with van der Waals surface area (Å²) in [5.74, 6) is -0.00522. The van der Waals surface area contributed by atoms with Crippen molar-refractivity contribution in [3.05, 3.63) is 29.0 Å². The Morgan fingerprint density at radius 3 is 2.85 bits per heavy atom. The van der Waals surface area contributed by atoms with Gasteiger partial charge in [0.2, 0.25) is 5.91 Å². The van der Waals surface area contributed by atoms with Crippen LogP contribution in [0, 0.1) is 11.7 Å². The van der Waals surface area contributed by atoms with E-state index >= 15 is 0 Å². The third-order valence-electron chi connectivity index (χ3n) is 3.57. The number of rotatable bonds is 6. The molecule has 1 aromatic rings. The molecule has 1 saturated carbocycles. The maximum atomic E-state index is 12.9. The van der Waals surface area contributed by atoms with Gasteiger partial charge in [-0.3, -0.25) is 9.69 Å². The number of nitrogens with one attached hydrogen (secondary N) is 1. The van der Waals surface area contributed by atoms with E-state index in [-0.39, 0.29) is 23.5 Å². The first-order chi connectivity index (χ1) is 9.51. The molecule has 1 fully saturated rings. The summed E-state index contributed by atoms with van der Waals surface area (Å²) in [5, 5.41) is 2.88. The summed E-state index contributed by atoms with van der Waals surface area (Å²) in [5.41, 5.74) is 6.17. The standard InChI is InChI=1S/C14H19ClFN3O/c1-19(13(7-17)9-2-3-9)8-14(20)18-12-5-4-10(16)6-11(12)15/h4-6,9,13H,2-3,7-8,17H2,1H3,(H,18,20). The Morgan fingerprint density at radius 1 is 1.60 bits per heavy atom. The molecule has 1 unspecified atom stereocenters. The summed E-state index contributed by atoms with van der Waals surface area (Å²) < 4.78 is 12.9. The maximum Gasteiger partial charge on any atom is 0.238 e. The second kappa shape index (κ2) is 6.52. The minimum Gasteiger partial charge on any atom is -0.329 e. The van der Waals surface area contributed by atoms with Crippen molar-refractivity contribution in [2.45, 2.75) is 18.9 Å². The quantitative estimate of drug-likeness (QED) is 0.845. The molecule has 1 aliphatic carbocycles. The number of carbonyl (C=O) groups is 1. The number of likely N-dealkylation sites (N-methyl/N-ethyl adjacent to an activating group) is 1. The molecule has 0 radical (unpaired) electrons. The summed E-state index contributed by atoms with van der Waals surface area (Å²) in [6.45, 7) is 0.790. The van der Waals surface area contributed by atoms with Gasteiger partial charge in [0.15, 0.2) is 0 Å². The van der Waals surface area contributed by atoms with Crippen LogP contribution in [-0.2, 0) is 4.79 Å². The van der Waals surface area contributed by atoms with Crippen LogP contribution < -0.4 is 11.1 Å². The van der Waals surface area contributed by atoms with Crippen molar-refractivity contribution >= 4 is 23.2 Å². The number of hydrogen-bond acceptors (Lipinski definition) is 3. The highest BCUT2D eigenvalue weighted by molar-refractivity contribution is 6.33. The summed E-state index contributed by atoms with van der Waals surface area (Å²) >= 11 is 5.87. The third-order valence-corrected chi connectivity index (χ3v) is 3.88. The van der Waals surface area contributed by atoms with Crippen LogP contribution in [0.25, 0.3) is 0 Å². The number of amides is 1. The zero-order valence-corrected chi connectivity index (χ0v) is 12.2. The van der Waals surface area contributed by atoms with Gasteiger partial charge < -0.3 is 11.1 Å². The van der Waals surface area contributed by atoms with Crippen molar-refractivity contribution in [1.82, 2.24) is 4.90 Å². The molecular formula is C14H19ClFN3O. The minimum absolute atomic E-state index is 0.180. The van der Waals surface area contributed by atoms with Crippen LogP contribution in [-0.4, -0.2) is 37.0 Å². The van der Waals surface area contributed by atoms with Crippen molar-refractivity contribution in [3.8, 4) is 0 Å². The fraction of sp³-hybridized carbons (Fsp3) is 0.500. The predicted molar refractivity (Wildman–Crippen MR) is 78.2 cm³/mol. The van der Waals surface area contributed by atoms with Crippen LogP contribution in [0.3, 0.4) is 0 Å². The van der Waals surface area contributed by atoms with Crippen LogP contribution in [0.4, 0.5) is 10.1 Å². The molecule has 4 nitrogen and oxygen atoms in total. The van der Waals surface area contributed by atoms with E-state index < -0.39 is 5.82 Å². The molecule has 0 spiro atoms. The SMILES string of the molecule is CN(CC(=O)Nc1ccc(F)cc1Cl)C(CN)C1CC1. The number of hydrogen-bond donors (Lipinski definition) is 2. The average molecular weight is 300 g/mol. The van der Waals surface area contributed by atoms with Gasteiger partial charge in [0.25, 0.3) is 0 Å². The highest BCUT2D eigenvalue weighted by Crippen LogP contribution is 2.34. The van der Waals surface area contributed by atoms with E-state index in [1.807, 2.05) is 11.9 Å². The lowest BCUT2D eigenvalue weighted by molar-refractivity contribution is -0.117. The molecule has 2 rings (SSSR count). The van der Waals surface area contributed by atoms with Crippen LogP contribution >= 0.6 is 11.6 Å². The lowest BCUT2D eigenvalue weighted by atomic mass is 10.1. The molecule has 0 aliphatic heterocycles. The smallest absolute Gasteiger partial charge is 0.238 e. The van der Waals surface area contributed by atoms with E-state index in [4.69, 9.17) is 17.3 Å². The molecule has 20 heavy (non-hydrogen) atoms. The molecule has 0 aromatic heterocycles. The van der Waals surface area contributed by atoms with E-state index in [2.05, 4.69) is 5.32 Å². The zero-order valence-electron chi connectivity index (χ0n) is 11.4. The lowest BCUT2D eigenvalue weighted by Crippen LogP contribution is -2.43. The molecule has 1 amide bonds. The number of anilines is 1. The van der Waals surface area contributed by atoms with E-state index in [1.54, 1.807) is 0 Å². The van der Waals surface area contributed by atoms with Crippen molar-refractivity contribution < 1.29 is 9.18 Å². The van der Waals surface area contributed by atoms with Gasteiger partial charge in [-0.25, -0.2) is 4.39 Å². The first kappa shape index (κ1) is 15.2. The Hall–Kier alpha value is -1.17. The monoisotopic (exact) mass is 299 g/mol. The van der Waals surface area contributed by atoms with Gasteiger partial charge in [-0.2, -0.15) is 0 Å². The van der Waals surface area contributed by atoms with Crippen LogP contribution in [0.1, 0.15) is 12.8 Å². The molecule has 0 bridgehead atoms. The van der Waals surface area contributed by atoms with E-state index in [0.717, 1.165) is 0 Å². The largest absolute Gasteiger partial charge is 0.329 e. The van der Waals surface area contributed by atoms with Gasteiger partial charge in [0.05, 0.1) is 17.3 Å². The van der Waals surface area contributed by atoms with Gasteiger partial charge in [-0.1, -0.05) is 11.6 Å². The van der Waals surface area contributed by atoms with Crippen molar-refractivity contribution in [1.29, 1.82) is 0 Å². The number of benzene rings is 1. The summed E-state index contributed by atoms with van der Waals surface area (Å²) in [6.07, 6.45) is 2.36. The Balaban J connectivity index is 1.91. The van der Waals surface area contributed by atoms with Crippen LogP contribution in [0.5, 0.6) is 0 Å².